The minimum atomic E-state index is -1.29. The molecule has 1 atom stereocenters. The average Bonchev–Trinajstić information content (AvgIpc) is 2.26. The lowest BCUT2D eigenvalue weighted by atomic mass is 9.99. The Kier molecular flexibility index (Phi) is 4.07. The van der Waals surface area contributed by atoms with Crippen molar-refractivity contribution in [2.24, 2.45) is 5.73 Å². The molecular weight excluding hydrogens is 223 g/mol. The highest BCUT2D eigenvalue weighted by Crippen LogP contribution is 2.18. The Labute approximate surface area is 99.8 Å². The van der Waals surface area contributed by atoms with Gasteiger partial charge < -0.3 is 15.7 Å². The number of aliphatic carboxylic acids is 1. The van der Waals surface area contributed by atoms with Gasteiger partial charge in [0.05, 0.1) is 5.69 Å². The number of carbonyl (C=O) groups is 1. The molecule has 0 spiro atoms. The van der Waals surface area contributed by atoms with Gasteiger partial charge in [-0.25, -0.2) is 4.39 Å². The van der Waals surface area contributed by atoms with Gasteiger partial charge in [-0.05, 0) is 25.5 Å². The number of hydrogen-bond acceptors (Lipinski definition) is 3. The Balaban J connectivity index is 2.65. The van der Waals surface area contributed by atoms with Crippen molar-refractivity contribution in [2.75, 3.05) is 18.5 Å². The van der Waals surface area contributed by atoms with Crippen molar-refractivity contribution in [3.8, 4) is 0 Å². The highest BCUT2D eigenvalue weighted by molar-refractivity contribution is 5.77. The molecule has 0 fully saturated rings. The first-order chi connectivity index (χ1) is 7.84. The molecule has 5 heteroatoms. The summed E-state index contributed by atoms with van der Waals surface area (Å²) in [5.41, 5.74) is 4.75. The van der Waals surface area contributed by atoms with Gasteiger partial charge in [-0.15, -0.1) is 0 Å². The molecular formula is C12H17FN2O2. The summed E-state index contributed by atoms with van der Waals surface area (Å²) in [6.07, 6.45) is 0.243. The van der Waals surface area contributed by atoms with Crippen LogP contribution in [-0.2, 0) is 4.79 Å². The predicted octanol–water partition coefficient (Wildman–Crippen LogP) is 1.45. The van der Waals surface area contributed by atoms with Crippen LogP contribution in [-0.4, -0.2) is 30.2 Å². The topological polar surface area (TPSA) is 66.6 Å². The number of carboxylic acid groups (broad SMARTS) is 1. The van der Waals surface area contributed by atoms with Crippen LogP contribution in [0, 0.1) is 5.82 Å². The van der Waals surface area contributed by atoms with Gasteiger partial charge in [0.15, 0.2) is 0 Å². The van der Waals surface area contributed by atoms with Crippen LogP contribution >= 0.6 is 0 Å². The normalized spacial score (nSPS) is 14.1. The SMILES string of the molecule is CN(CCC(C)(N)C(=O)O)c1ccccc1F. The Morgan fingerprint density at radius 2 is 2.12 bits per heavy atom. The van der Waals surface area contributed by atoms with E-state index in [0.29, 0.717) is 12.2 Å². The third-order valence-corrected chi connectivity index (χ3v) is 2.72. The third-order valence-electron chi connectivity index (χ3n) is 2.72. The molecule has 0 aliphatic rings. The number of rotatable bonds is 5. The lowest BCUT2D eigenvalue weighted by Gasteiger charge is -2.25. The van der Waals surface area contributed by atoms with E-state index in [0.717, 1.165) is 0 Å². The van der Waals surface area contributed by atoms with Crippen LogP contribution in [0.3, 0.4) is 0 Å². The summed E-state index contributed by atoms with van der Waals surface area (Å²) in [5, 5.41) is 8.86. The number of halogens is 1. The summed E-state index contributed by atoms with van der Waals surface area (Å²) >= 11 is 0. The Morgan fingerprint density at radius 1 is 1.53 bits per heavy atom. The van der Waals surface area contributed by atoms with Gasteiger partial charge in [0.25, 0.3) is 0 Å². The highest BCUT2D eigenvalue weighted by atomic mass is 19.1. The molecule has 0 saturated heterocycles. The van der Waals surface area contributed by atoms with Gasteiger partial charge in [0.2, 0.25) is 0 Å². The number of anilines is 1. The van der Waals surface area contributed by atoms with Crippen LogP contribution in [0.15, 0.2) is 24.3 Å². The Hall–Kier alpha value is -1.62. The second kappa shape index (κ2) is 5.14. The summed E-state index contributed by atoms with van der Waals surface area (Å²) in [6.45, 7) is 1.82. The lowest BCUT2D eigenvalue weighted by Crippen LogP contribution is -2.47. The van der Waals surface area contributed by atoms with E-state index >= 15 is 0 Å². The minimum Gasteiger partial charge on any atom is -0.480 e. The molecule has 3 N–H and O–H groups in total. The number of benzene rings is 1. The largest absolute Gasteiger partial charge is 0.480 e. The second-order valence-corrected chi connectivity index (χ2v) is 4.35. The molecule has 0 radical (unpaired) electrons. The maximum atomic E-state index is 13.4. The molecule has 1 aromatic carbocycles. The Bertz CT molecular complexity index is 407. The average molecular weight is 240 g/mol. The van der Waals surface area contributed by atoms with Crippen LogP contribution in [0.1, 0.15) is 13.3 Å². The maximum Gasteiger partial charge on any atom is 0.323 e. The quantitative estimate of drug-likeness (QED) is 0.817. The van der Waals surface area contributed by atoms with Gasteiger partial charge >= 0.3 is 5.97 Å². The summed E-state index contributed by atoms with van der Waals surface area (Å²) in [6, 6.07) is 6.35. The molecule has 0 aliphatic heterocycles. The first-order valence-electron chi connectivity index (χ1n) is 5.32. The number of nitrogens with zero attached hydrogens (tertiary/aromatic N) is 1. The number of nitrogens with two attached hydrogens (primary N) is 1. The van der Waals surface area contributed by atoms with Gasteiger partial charge in [-0.1, -0.05) is 12.1 Å². The summed E-state index contributed by atoms with van der Waals surface area (Å²) < 4.78 is 13.4. The molecule has 0 aliphatic carbocycles. The summed E-state index contributed by atoms with van der Waals surface area (Å²) in [5.74, 6) is -1.39. The molecule has 0 heterocycles. The predicted molar refractivity (Wildman–Crippen MR) is 64.5 cm³/mol. The van der Waals surface area contributed by atoms with E-state index in [1.807, 2.05) is 0 Å². The fourth-order valence-corrected chi connectivity index (χ4v) is 1.39. The van der Waals surface area contributed by atoms with Crippen molar-refractivity contribution in [3.05, 3.63) is 30.1 Å². The lowest BCUT2D eigenvalue weighted by molar-refractivity contribution is -0.142. The van der Waals surface area contributed by atoms with E-state index in [1.54, 1.807) is 30.1 Å². The second-order valence-electron chi connectivity index (χ2n) is 4.35. The van der Waals surface area contributed by atoms with Gasteiger partial charge in [-0.3, -0.25) is 4.79 Å². The fraction of sp³-hybridized carbons (Fsp3) is 0.417. The molecule has 4 nitrogen and oxygen atoms in total. The first kappa shape index (κ1) is 13.4. The fourth-order valence-electron chi connectivity index (χ4n) is 1.39. The molecule has 0 saturated carbocycles. The zero-order valence-corrected chi connectivity index (χ0v) is 9.98. The van der Waals surface area contributed by atoms with E-state index in [2.05, 4.69) is 0 Å². The van der Waals surface area contributed by atoms with Crippen molar-refractivity contribution < 1.29 is 14.3 Å². The van der Waals surface area contributed by atoms with Gasteiger partial charge in [-0.2, -0.15) is 0 Å². The van der Waals surface area contributed by atoms with Crippen molar-refractivity contribution >= 4 is 11.7 Å². The zero-order chi connectivity index (χ0) is 13.1. The smallest absolute Gasteiger partial charge is 0.323 e. The van der Waals surface area contributed by atoms with Crippen LogP contribution in [0.4, 0.5) is 10.1 Å². The van der Waals surface area contributed by atoms with Crippen LogP contribution in [0.5, 0.6) is 0 Å². The van der Waals surface area contributed by atoms with Crippen molar-refractivity contribution in [3.63, 3.8) is 0 Å². The van der Waals surface area contributed by atoms with Crippen LogP contribution < -0.4 is 10.6 Å². The van der Waals surface area contributed by atoms with E-state index in [9.17, 15) is 9.18 Å². The molecule has 17 heavy (non-hydrogen) atoms. The van der Waals surface area contributed by atoms with Crippen LogP contribution in [0.2, 0.25) is 0 Å². The molecule has 0 amide bonds. The van der Waals surface area contributed by atoms with Crippen LogP contribution in [0.25, 0.3) is 0 Å². The third kappa shape index (κ3) is 3.42. The zero-order valence-electron chi connectivity index (χ0n) is 9.98. The summed E-state index contributed by atoms with van der Waals surface area (Å²) in [4.78, 5) is 12.5. The summed E-state index contributed by atoms with van der Waals surface area (Å²) in [7, 11) is 1.70. The van der Waals surface area contributed by atoms with Gasteiger partial charge in [0.1, 0.15) is 11.4 Å². The van der Waals surface area contributed by atoms with Gasteiger partial charge in [0, 0.05) is 13.6 Å². The number of para-hydroxylation sites is 1. The molecule has 1 aromatic rings. The van der Waals surface area contributed by atoms with E-state index in [-0.39, 0.29) is 12.2 Å². The van der Waals surface area contributed by atoms with E-state index in [4.69, 9.17) is 10.8 Å². The van der Waals surface area contributed by atoms with Crippen molar-refractivity contribution in [2.45, 2.75) is 18.9 Å². The molecule has 1 unspecified atom stereocenters. The molecule has 1 rings (SSSR count). The molecule has 94 valence electrons. The van der Waals surface area contributed by atoms with Crippen molar-refractivity contribution in [1.29, 1.82) is 0 Å². The van der Waals surface area contributed by atoms with Crippen molar-refractivity contribution in [1.82, 2.24) is 0 Å². The number of carboxylic acids is 1. The molecule has 0 aromatic heterocycles. The minimum absolute atomic E-state index is 0.243. The Morgan fingerprint density at radius 3 is 2.65 bits per heavy atom. The maximum absolute atomic E-state index is 13.4. The van der Waals surface area contributed by atoms with E-state index < -0.39 is 11.5 Å². The standard InChI is InChI=1S/C12H17FN2O2/c1-12(14,11(16)17)7-8-15(2)10-6-4-3-5-9(10)13/h3-6H,7-8,14H2,1-2H3,(H,16,17). The monoisotopic (exact) mass is 240 g/mol. The van der Waals surface area contributed by atoms with E-state index in [1.165, 1.54) is 13.0 Å². The highest BCUT2D eigenvalue weighted by Gasteiger charge is 2.27. The first-order valence-corrected chi connectivity index (χ1v) is 5.32. The number of hydrogen-bond donors (Lipinski definition) is 2. The molecule has 0 bridgehead atoms.